The lowest BCUT2D eigenvalue weighted by Crippen LogP contribution is -2.24. The Kier molecular flexibility index (Phi) is 4.51. The monoisotopic (exact) mass is 385 g/mol. The maximum atomic E-state index is 14.1. The summed E-state index contributed by atoms with van der Waals surface area (Å²) in [7, 11) is -2.15. The summed E-state index contributed by atoms with van der Waals surface area (Å²) in [5.74, 6) is -0.403. The minimum atomic E-state index is -3.58. The molecule has 1 aromatic carbocycles. The summed E-state index contributed by atoms with van der Waals surface area (Å²) in [5.41, 5.74) is 0.433. The fourth-order valence-corrected chi connectivity index (χ4v) is 4.01. The number of nitrogens with zero attached hydrogens (tertiary/aromatic N) is 1. The number of nitrogens with one attached hydrogen (secondary N) is 2. The van der Waals surface area contributed by atoms with Gasteiger partial charge in [0.2, 0.25) is 10.0 Å². The molecule has 0 amide bonds. The standard InChI is InChI=1S/C16H17ClFN3O3S/c1-9-3-6-13(12(18)7-9)19-15-14(8-11(17)16(22)21(15)2)20-25(23,24)10-4-5-10/h3,6-8,10,19-20H,4-5H2,1-2H3. The van der Waals surface area contributed by atoms with Crippen molar-refractivity contribution in [2.24, 2.45) is 7.05 Å². The van der Waals surface area contributed by atoms with Crippen molar-refractivity contribution >= 4 is 38.8 Å². The number of anilines is 3. The number of pyridine rings is 1. The van der Waals surface area contributed by atoms with Gasteiger partial charge in [-0.2, -0.15) is 0 Å². The molecule has 1 aromatic heterocycles. The van der Waals surface area contributed by atoms with Crippen LogP contribution in [-0.2, 0) is 17.1 Å². The lowest BCUT2D eigenvalue weighted by Gasteiger charge is -2.18. The molecule has 1 heterocycles. The van der Waals surface area contributed by atoms with Gasteiger partial charge < -0.3 is 5.32 Å². The van der Waals surface area contributed by atoms with Gasteiger partial charge in [0.1, 0.15) is 16.7 Å². The third-order valence-corrected chi connectivity index (χ3v) is 6.09. The van der Waals surface area contributed by atoms with Crippen LogP contribution in [0.2, 0.25) is 5.02 Å². The zero-order valence-corrected chi connectivity index (χ0v) is 15.2. The van der Waals surface area contributed by atoms with Gasteiger partial charge >= 0.3 is 0 Å². The van der Waals surface area contributed by atoms with E-state index in [4.69, 9.17) is 11.6 Å². The molecule has 0 bridgehead atoms. The van der Waals surface area contributed by atoms with Crippen molar-refractivity contribution in [2.45, 2.75) is 25.0 Å². The van der Waals surface area contributed by atoms with Crippen molar-refractivity contribution in [1.29, 1.82) is 0 Å². The van der Waals surface area contributed by atoms with E-state index in [1.165, 1.54) is 25.2 Å². The van der Waals surface area contributed by atoms with Gasteiger partial charge in [0.05, 0.1) is 16.6 Å². The predicted molar refractivity (Wildman–Crippen MR) is 96.7 cm³/mol. The first-order chi connectivity index (χ1) is 11.7. The van der Waals surface area contributed by atoms with Crippen molar-refractivity contribution < 1.29 is 12.8 Å². The third kappa shape index (κ3) is 3.64. The van der Waals surface area contributed by atoms with E-state index >= 15 is 0 Å². The van der Waals surface area contributed by atoms with Gasteiger partial charge in [0.25, 0.3) is 5.56 Å². The summed E-state index contributed by atoms with van der Waals surface area (Å²) in [6.45, 7) is 1.75. The van der Waals surface area contributed by atoms with Crippen LogP contribution in [0.1, 0.15) is 18.4 Å². The Morgan fingerprint density at radius 1 is 1.24 bits per heavy atom. The van der Waals surface area contributed by atoms with E-state index in [2.05, 4.69) is 10.0 Å². The lowest BCUT2D eigenvalue weighted by atomic mass is 10.2. The molecule has 1 aliphatic rings. The Labute approximate surface area is 149 Å². The number of hydrogen-bond donors (Lipinski definition) is 2. The quantitative estimate of drug-likeness (QED) is 0.828. The topological polar surface area (TPSA) is 80.2 Å². The van der Waals surface area contributed by atoms with Gasteiger partial charge in [-0.3, -0.25) is 14.1 Å². The number of rotatable bonds is 5. The first kappa shape index (κ1) is 17.8. The molecule has 134 valence electrons. The minimum Gasteiger partial charge on any atom is -0.337 e. The minimum absolute atomic E-state index is 0.0963. The summed E-state index contributed by atoms with van der Waals surface area (Å²) < 4.78 is 42.2. The van der Waals surface area contributed by atoms with E-state index in [9.17, 15) is 17.6 Å². The van der Waals surface area contributed by atoms with Crippen LogP contribution in [0.15, 0.2) is 29.1 Å². The first-order valence-corrected chi connectivity index (χ1v) is 9.56. The molecule has 1 saturated carbocycles. The molecule has 0 radical (unpaired) electrons. The largest absolute Gasteiger partial charge is 0.337 e. The zero-order chi connectivity index (χ0) is 18.4. The highest BCUT2D eigenvalue weighted by atomic mass is 35.5. The Balaban J connectivity index is 2.07. The Bertz CT molecular complexity index is 1000. The van der Waals surface area contributed by atoms with E-state index in [1.807, 2.05) is 0 Å². The van der Waals surface area contributed by atoms with Crippen LogP contribution in [0, 0.1) is 12.7 Å². The molecule has 2 N–H and O–H groups in total. The van der Waals surface area contributed by atoms with Crippen LogP contribution >= 0.6 is 11.6 Å². The second kappa shape index (κ2) is 6.34. The lowest BCUT2D eigenvalue weighted by molar-refractivity contribution is 0.600. The smallest absolute Gasteiger partial charge is 0.270 e. The van der Waals surface area contributed by atoms with Gasteiger partial charge in [-0.25, -0.2) is 12.8 Å². The number of halogens is 2. The molecule has 1 aliphatic carbocycles. The average molecular weight is 386 g/mol. The molecule has 3 rings (SSSR count). The van der Waals surface area contributed by atoms with Crippen LogP contribution in [0.3, 0.4) is 0 Å². The predicted octanol–water partition coefficient (Wildman–Crippen LogP) is 3.13. The van der Waals surface area contributed by atoms with Gasteiger partial charge in [0, 0.05) is 7.05 Å². The van der Waals surface area contributed by atoms with Crippen LogP contribution in [0.25, 0.3) is 0 Å². The van der Waals surface area contributed by atoms with Crippen LogP contribution in [-0.4, -0.2) is 18.2 Å². The van der Waals surface area contributed by atoms with Crippen molar-refractivity contribution in [1.82, 2.24) is 4.57 Å². The van der Waals surface area contributed by atoms with Crippen LogP contribution in [0.5, 0.6) is 0 Å². The van der Waals surface area contributed by atoms with Crippen molar-refractivity contribution in [3.8, 4) is 0 Å². The molecule has 9 heteroatoms. The SMILES string of the molecule is Cc1ccc(Nc2c(NS(=O)(=O)C3CC3)cc(Cl)c(=O)n2C)c(F)c1. The molecule has 2 aromatic rings. The summed E-state index contributed by atoms with van der Waals surface area (Å²) in [5, 5.41) is 2.20. The second-order valence-corrected chi connectivity index (χ2v) is 8.44. The normalized spacial score (nSPS) is 14.4. The van der Waals surface area contributed by atoms with Crippen LogP contribution in [0.4, 0.5) is 21.6 Å². The molecule has 25 heavy (non-hydrogen) atoms. The second-order valence-electron chi connectivity index (χ2n) is 6.07. The fourth-order valence-electron chi connectivity index (χ4n) is 2.39. The highest BCUT2D eigenvalue weighted by Crippen LogP contribution is 2.33. The van der Waals surface area contributed by atoms with Crippen LogP contribution < -0.4 is 15.6 Å². The van der Waals surface area contributed by atoms with Crippen molar-refractivity contribution in [2.75, 3.05) is 10.0 Å². The molecular weight excluding hydrogens is 369 g/mol. The molecule has 0 atom stereocenters. The van der Waals surface area contributed by atoms with E-state index < -0.39 is 26.6 Å². The van der Waals surface area contributed by atoms with E-state index in [0.29, 0.717) is 12.8 Å². The number of aryl methyl sites for hydroxylation is 1. The molecule has 1 fully saturated rings. The summed E-state index contributed by atoms with van der Waals surface area (Å²) >= 11 is 5.90. The summed E-state index contributed by atoms with van der Waals surface area (Å²) in [6.07, 6.45) is 1.17. The summed E-state index contributed by atoms with van der Waals surface area (Å²) in [6, 6.07) is 5.79. The van der Waals surface area contributed by atoms with Gasteiger partial charge in [-0.1, -0.05) is 17.7 Å². The number of aromatic nitrogens is 1. The zero-order valence-electron chi connectivity index (χ0n) is 13.6. The molecule has 0 saturated heterocycles. The molecule has 0 spiro atoms. The van der Waals surface area contributed by atoms with E-state index in [1.54, 1.807) is 13.0 Å². The highest BCUT2D eigenvalue weighted by Gasteiger charge is 2.36. The number of hydrogen-bond acceptors (Lipinski definition) is 4. The summed E-state index contributed by atoms with van der Waals surface area (Å²) in [4.78, 5) is 12.1. The molecular formula is C16H17ClFN3O3S. The maximum absolute atomic E-state index is 14.1. The fraction of sp³-hybridized carbons (Fsp3) is 0.312. The Morgan fingerprint density at radius 2 is 1.92 bits per heavy atom. The van der Waals surface area contributed by atoms with Gasteiger partial charge in [0.15, 0.2) is 0 Å². The van der Waals surface area contributed by atoms with Crippen molar-refractivity contribution in [3.63, 3.8) is 0 Å². The van der Waals surface area contributed by atoms with Gasteiger partial charge in [-0.05, 0) is 43.5 Å². The molecule has 6 nitrogen and oxygen atoms in total. The number of benzene rings is 1. The third-order valence-electron chi connectivity index (χ3n) is 3.96. The highest BCUT2D eigenvalue weighted by molar-refractivity contribution is 7.93. The maximum Gasteiger partial charge on any atom is 0.270 e. The molecule has 0 unspecified atom stereocenters. The van der Waals surface area contributed by atoms with Crippen molar-refractivity contribution in [3.05, 3.63) is 51.0 Å². The Morgan fingerprint density at radius 3 is 2.52 bits per heavy atom. The average Bonchev–Trinajstić information content (AvgIpc) is 3.36. The van der Waals surface area contributed by atoms with E-state index in [0.717, 1.165) is 10.1 Å². The van der Waals surface area contributed by atoms with Gasteiger partial charge in [-0.15, -0.1) is 0 Å². The number of sulfonamides is 1. The van der Waals surface area contributed by atoms with E-state index in [-0.39, 0.29) is 22.2 Å². The first-order valence-electron chi connectivity index (χ1n) is 7.63. The molecule has 0 aliphatic heterocycles. The Hall–Kier alpha value is -2.06.